The van der Waals surface area contributed by atoms with Gasteiger partial charge in [0, 0.05) is 37.1 Å². The van der Waals surface area contributed by atoms with Gasteiger partial charge in [-0.2, -0.15) is 4.98 Å². The molecule has 3 fully saturated rings. The molecule has 3 aliphatic rings. The van der Waals surface area contributed by atoms with Crippen molar-refractivity contribution in [2.75, 3.05) is 68.2 Å². The number of benzene rings is 1. The summed E-state index contributed by atoms with van der Waals surface area (Å²) in [6, 6.07) is 3.69. The number of anilines is 2. The van der Waals surface area contributed by atoms with E-state index in [1.807, 2.05) is 12.1 Å². The highest BCUT2D eigenvalue weighted by Gasteiger charge is 2.27. The highest BCUT2D eigenvalue weighted by atomic mass is 32.2. The maximum absolute atomic E-state index is 12.2. The van der Waals surface area contributed by atoms with E-state index in [2.05, 4.69) is 15.1 Å². The Hall–Kier alpha value is -2.33. The summed E-state index contributed by atoms with van der Waals surface area (Å²) in [5.41, 5.74) is 0.776. The quantitative estimate of drug-likeness (QED) is 0.518. The number of ether oxygens (including phenoxy) is 2. The monoisotopic (exact) mass is 503 g/mol. The van der Waals surface area contributed by atoms with Crippen molar-refractivity contribution in [3.05, 3.63) is 12.1 Å². The fourth-order valence-corrected chi connectivity index (χ4v) is 7.01. The van der Waals surface area contributed by atoms with Gasteiger partial charge in [0.2, 0.25) is 5.95 Å². The van der Waals surface area contributed by atoms with E-state index >= 15 is 0 Å². The molecule has 0 aliphatic carbocycles. The lowest BCUT2D eigenvalue weighted by molar-refractivity contribution is 0.254. The molecule has 2 aromatic rings. The number of hydrogen-bond donors (Lipinski definition) is 1. The molecular weight excluding hydrogens is 466 g/mol. The molecule has 0 radical (unpaired) electrons. The SMILES string of the molecule is COc1cc2c(NC3CCCS(=O)(=O)C3)nc(N3CCCC3)nc2cc1OCCCN1CCCC1. The van der Waals surface area contributed by atoms with Gasteiger partial charge in [-0.3, -0.25) is 0 Å². The number of likely N-dealkylation sites (tertiary alicyclic amines) is 1. The van der Waals surface area contributed by atoms with Gasteiger partial charge in [-0.05, 0) is 64.1 Å². The predicted molar refractivity (Wildman–Crippen MR) is 139 cm³/mol. The van der Waals surface area contributed by atoms with Gasteiger partial charge < -0.3 is 24.6 Å². The Morgan fingerprint density at radius 3 is 2.54 bits per heavy atom. The first-order chi connectivity index (χ1) is 17.0. The Morgan fingerprint density at radius 2 is 1.80 bits per heavy atom. The molecule has 10 heteroatoms. The Kier molecular flexibility index (Phi) is 7.48. The first-order valence-corrected chi connectivity index (χ1v) is 14.8. The van der Waals surface area contributed by atoms with E-state index in [1.165, 1.54) is 25.9 Å². The van der Waals surface area contributed by atoms with Crippen LogP contribution in [0.2, 0.25) is 0 Å². The zero-order valence-corrected chi connectivity index (χ0v) is 21.5. The fourth-order valence-electron chi connectivity index (χ4n) is 5.37. The van der Waals surface area contributed by atoms with Gasteiger partial charge in [0.05, 0.1) is 30.7 Å². The minimum atomic E-state index is -3.03. The van der Waals surface area contributed by atoms with Gasteiger partial charge in [-0.1, -0.05) is 0 Å². The maximum atomic E-state index is 12.2. The summed E-state index contributed by atoms with van der Waals surface area (Å²) >= 11 is 0. The van der Waals surface area contributed by atoms with Crippen molar-refractivity contribution < 1.29 is 17.9 Å². The van der Waals surface area contributed by atoms with Crippen molar-refractivity contribution in [2.24, 2.45) is 0 Å². The topological polar surface area (TPSA) is 96.9 Å². The van der Waals surface area contributed by atoms with Crippen LogP contribution in [-0.4, -0.2) is 87.3 Å². The van der Waals surface area contributed by atoms with E-state index in [0.717, 1.165) is 56.2 Å². The summed E-state index contributed by atoms with van der Waals surface area (Å²) in [6.45, 7) is 5.90. The summed E-state index contributed by atoms with van der Waals surface area (Å²) in [6.07, 6.45) is 7.27. The van der Waals surface area contributed by atoms with E-state index in [4.69, 9.17) is 19.4 Å². The molecule has 4 heterocycles. The number of fused-ring (bicyclic) bond motifs is 1. The largest absolute Gasteiger partial charge is 0.493 e. The van der Waals surface area contributed by atoms with Gasteiger partial charge in [0.1, 0.15) is 5.82 Å². The number of hydrogen-bond acceptors (Lipinski definition) is 9. The molecule has 1 atom stereocenters. The van der Waals surface area contributed by atoms with Crippen LogP contribution in [0, 0.1) is 0 Å². The lowest BCUT2D eigenvalue weighted by Crippen LogP contribution is -2.35. The van der Waals surface area contributed by atoms with Gasteiger partial charge in [-0.25, -0.2) is 13.4 Å². The van der Waals surface area contributed by atoms with Crippen LogP contribution in [0.5, 0.6) is 11.5 Å². The Bertz CT molecular complexity index is 1130. The molecule has 3 saturated heterocycles. The van der Waals surface area contributed by atoms with Crippen molar-refractivity contribution in [1.82, 2.24) is 14.9 Å². The third kappa shape index (κ3) is 5.91. The molecule has 1 aromatic carbocycles. The van der Waals surface area contributed by atoms with Gasteiger partial charge >= 0.3 is 0 Å². The van der Waals surface area contributed by atoms with E-state index in [0.29, 0.717) is 36.3 Å². The zero-order valence-electron chi connectivity index (χ0n) is 20.7. The first kappa shape index (κ1) is 24.4. The third-order valence-electron chi connectivity index (χ3n) is 7.24. The molecule has 35 heavy (non-hydrogen) atoms. The van der Waals surface area contributed by atoms with Crippen LogP contribution < -0.4 is 19.7 Å². The molecule has 192 valence electrons. The standard InChI is InChI=1S/C25H37N5O4S/c1-33-22-16-20-21(17-23(22)34-14-7-11-29-9-2-3-10-29)27-25(30-12-4-5-13-30)28-24(20)26-19-8-6-15-35(31,32)18-19/h16-17,19H,2-15,18H2,1H3,(H,26,27,28). The number of sulfone groups is 1. The fraction of sp³-hybridized carbons (Fsp3) is 0.680. The molecule has 9 nitrogen and oxygen atoms in total. The van der Waals surface area contributed by atoms with Crippen LogP contribution >= 0.6 is 0 Å². The van der Waals surface area contributed by atoms with E-state index in [-0.39, 0.29) is 17.5 Å². The van der Waals surface area contributed by atoms with Crippen LogP contribution in [0.25, 0.3) is 10.9 Å². The van der Waals surface area contributed by atoms with Crippen LogP contribution in [0.3, 0.4) is 0 Å². The van der Waals surface area contributed by atoms with Gasteiger partial charge in [0.25, 0.3) is 0 Å². The number of methoxy groups -OCH3 is 1. The van der Waals surface area contributed by atoms with Crippen molar-refractivity contribution in [1.29, 1.82) is 0 Å². The first-order valence-electron chi connectivity index (χ1n) is 13.0. The number of aromatic nitrogens is 2. The minimum absolute atomic E-state index is 0.132. The van der Waals surface area contributed by atoms with Crippen LogP contribution in [0.1, 0.15) is 44.9 Å². The van der Waals surface area contributed by atoms with Crippen LogP contribution in [0.4, 0.5) is 11.8 Å². The summed E-state index contributed by atoms with van der Waals surface area (Å²) in [4.78, 5) is 14.4. The van der Waals surface area contributed by atoms with Gasteiger partial charge in [0.15, 0.2) is 21.3 Å². The molecule has 0 spiro atoms. The third-order valence-corrected chi connectivity index (χ3v) is 9.06. The number of nitrogens with one attached hydrogen (secondary N) is 1. The second-order valence-electron chi connectivity index (χ2n) is 9.94. The normalized spacial score (nSPS) is 22.5. The second-order valence-corrected chi connectivity index (χ2v) is 12.2. The van der Waals surface area contributed by atoms with E-state index in [1.54, 1.807) is 7.11 Å². The molecular formula is C25H37N5O4S. The molecule has 1 aromatic heterocycles. The smallest absolute Gasteiger partial charge is 0.227 e. The highest BCUT2D eigenvalue weighted by molar-refractivity contribution is 7.91. The molecule has 3 aliphatic heterocycles. The lowest BCUT2D eigenvalue weighted by Gasteiger charge is -2.25. The average molecular weight is 504 g/mol. The van der Waals surface area contributed by atoms with Crippen molar-refractivity contribution in [3.63, 3.8) is 0 Å². The Labute approximate surface area is 208 Å². The minimum Gasteiger partial charge on any atom is -0.493 e. The lowest BCUT2D eigenvalue weighted by atomic mass is 10.1. The highest BCUT2D eigenvalue weighted by Crippen LogP contribution is 2.36. The second kappa shape index (κ2) is 10.7. The zero-order chi connectivity index (χ0) is 24.3. The predicted octanol–water partition coefficient (Wildman–Crippen LogP) is 3.09. The van der Waals surface area contributed by atoms with Crippen molar-refractivity contribution in [2.45, 2.75) is 51.0 Å². The molecule has 0 amide bonds. The maximum Gasteiger partial charge on any atom is 0.227 e. The summed E-state index contributed by atoms with van der Waals surface area (Å²) < 4.78 is 36.3. The Morgan fingerprint density at radius 1 is 1.03 bits per heavy atom. The summed E-state index contributed by atoms with van der Waals surface area (Å²) in [5.74, 6) is 3.06. The Balaban J connectivity index is 1.41. The van der Waals surface area contributed by atoms with Gasteiger partial charge in [-0.15, -0.1) is 0 Å². The molecule has 1 unspecified atom stereocenters. The summed E-state index contributed by atoms with van der Waals surface area (Å²) in [7, 11) is -1.40. The van der Waals surface area contributed by atoms with E-state index in [9.17, 15) is 8.42 Å². The molecule has 0 saturated carbocycles. The molecule has 1 N–H and O–H groups in total. The molecule has 0 bridgehead atoms. The number of rotatable bonds is 9. The van der Waals surface area contributed by atoms with Crippen LogP contribution in [0.15, 0.2) is 12.1 Å². The summed E-state index contributed by atoms with van der Waals surface area (Å²) in [5, 5.41) is 4.26. The van der Waals surface area contributed by atoms with Crippen LogP contribution in [-0.2, 0) is 9.84 Å². The van der Waals surface area contributed by atoms with E-state index < -0.39 is 9.84 Å². The average Bonchev–Trinajstić information content (AvgIpc) is 3.55. The number of nitrogens with zero attached hydrogens (tertiary/aromatic N) is 4. The van der Waals surface area contributed by atoms with Crippen molar-refractivity contribution in [3.8, 4) is 11.5 Å². The molecule has 5 rings (SSSR count). The van der Waals surface area contributed by atoms with Crippen molar-refractivity contribution >= 4 is 32.5 Å².